The molecule has 4 N–H and O–H groups in total. The van der Waals surface area contributed by atoms with Gasteiger partial charge in [0, 0.05) is 18.4 Å². The van der Waals surface area contributed by atoms with Gasteiger partial charge in [0.05, 0.1) is 25.7 Å². The van der Waals surface area contributed by atoms with E-state index in [-0.39, 0.29) is 36.7 Å². The number of ether oxygens (including phenoxy) is 1. The molecule has 0 unspecified atom stereocenters. The highest BCUT2D eigenvalue weighted by Gasteiger charge is 2.17. The Morgan fingerprint density at radius 2 is 1.81 bits per heavy atom. The summed E-state index contributed by atoms with van der Waals surface area (Å²) in [4.78, 5) is 41.3. The Labute approximate surface area is 216 Å². The number of aliphatic carboxylic acids is 1. The van der Waals surface area contributed by atoms with Crippen LogP contribution < -0.4 is 26.4 Å². The molecule has 0 atom stereocenters. The van der Waals surface area contributed by atoms with Gasteiger partial charge in [0.2, 0.25) is 0 Å². The van der Waals surface area contributed by atoms with E-state index in [9.17, 15) is 19.5 Å². The Morgan fingerprint density at radius 3 is 2.46 bits per heavy atom. The number of hydrogen-bond acceptors (Lipinski definition) is 8. The van der Waals surface area contributed by atoms with Gasteiger partial charge in [0.1, 0.15) is 18.9 Å². The first-order valence-electron chi connectivity index (χ1n) is 11.6. The Morgan fingerprint density at radius 1 is 1.14 bits per heavy atom. The number of quaternary nitrogens is 1. The van der Waals surface area contributed by atoms with Crippen molar-refractivity contribution in [2.75, 3.05) is 25.5 Å². The number of carbonyl (C=O) groups excluding carboxylic acids is 1. The summed E-state index contributed by atoms with van der Waals surface area (Å²) >= 11 is 0.917. The highest BCUT2D eigenvalue weighted by molar-refractivity contribution is 7.99. The number of aliphatic hydroxyl groups excluding tert-OH is 1. The van der Waals surface area contributed by atoms with Crippen molar-refractivity contribution in [3.63, 3.8) is 0 Å². The maximum Gasteiger partial charge on any atom is 0.329 e. The third-order valence-electron chi connectivity index (χ3n) is 5.17. The van der Waals surface area contributed by atoms with Crippen LogP contribution >= 0.6 is 11.8 Å². The predicted octanol–water partition coefficient (Wildman–Crippen LogP) is -0.913. The zero-order chi connectivity index (χ0) is 26.6. The lowest BCUT2D eigenvalue weighted by Crippen LogP contribution is -2.83. The van der Waals surface area contributed by atoms with Crippen LogP contribution in [-0.4, -0.2) is 55.7 Å². The van der Waals surface area contributed by atoms with E-state index in [1.54, 1.807) is 16.7 Å². The van der Waals surface area contributed by atoms with Crippen LogP contribution in [-0.2, 0) is 24.9 Å². The number of fused-ring (bicyclic) bond motifs is 1. The van der Waals surface area contributed by atoms with E-state index in [2.05, 4.69) is 27.4 Å². The number of para-hydroxylation sites is 1. The number of nitrogens with two attached hydrogens (primary N) is 1. The molecule has 12 heteroatoms. The van der Waals surface area contributed by atoms with Gasteiger partial charge in [-0.05, 0) is 12.1 Å². The standard InChI is InChI=1S/C16H16N4O5S.C9H13NO/c1-19-13-12(14(23)18-15(19)24)20(16(17-13)26-9-11(21)22)7-8-25-10-5-3-2-4-6-10;11-7-6-10-8-9-4-2-1-3-5-9/h2-6H,7-9H2,1H3,(H,21,22)(H,18,23,24);1-5,10-11H,6-8H2. The van der Waals surface area contributed by atoms with E-state index in [1.807, 2.05) is 36.4 Å². The average Bonchev–Trinajstić information content (AvgIpc) is 3.27. The highest BCUT2D eigenvalue weighted by atomic mass is 32.2. The number of imidazole rings is 1. The summed E-state index contributed by atoms with van der Waals surface area (Å²) in [5.41, 5.74) is 0.490. The highest BCUT2D eigenvalue weighted by Crippen LogP contribution is 2.21. The molecule has 0 radical (unpaired) electrons. The van der Waals surface area contributed by atoms with E-state index in [1.165, 1.54) is 17.2 Å². The first kappa shape index (κ1) is 27.7. The Hall–Kier alpha value is -3.87. The maximum absolute atomic E-state index is 12.2. The van der Waals surface area contributed by atoms with Crippen LogP contribution in [0.15, 0.2) is 75.4 Å². The topological polar surface area (TPSA) is 159 Å². The fourth-order valence-electron chi connectivity index (χ4n) is 3.40. The first-order valence-corrected chi connectivity index (χ1v) is 12.6. The predicted molar refractivity (Wildman–Crippen MR) is 137 cm³/mol. The molecule has 37 heavy (non-hydrogen) atoms. The van der Waals surface area contributed by atoms with Crippen LogP contribution in [0.25, 0.3) is 11.2 Å². The molecule has 0 spiro atoms. The zero-order valence-electron chi connectivity index (χ0n) is 20.3. The smallest absolute Gasteiger partial charge is 0.329 e. The molecule has 4 rings (SSSR count). The van der Waals surface area contributed by atoms with Gasteiger partial charge in [-0.15, -0.1) is 0 Å². The molecule has 2 aromatic heterocycles. The number of benzene rings is 2. The van der Waals surface area contributed by atoms with Crippen molar-refractivity contribution in [2.24, 2.45) is 7.05 Å². The van der Waals surface area contributed by atoms with E-state index >= 15 is 0 Å². The molecule has 0 aliphatic rings. The SMILES string of the molecule is Cn1c(=O)[nH]c(=O)c2c1nc(SCC(=O)[O-])n2CCOc1ccccc1.OCC[NH2+]Cc1ccccc1. The fraction of sp³-hybridized carbons (Fsp3) is 0.280. The molecule has 0 bridgehead atoms. The summed E-state index contributed by atoms with van der Waals surface area (Å²) in [5.74, 6) is -0.909. The fourth-order valence-corrected chi connectivity index (χ4v) is 4.14. The Kier molecular flexibility index (Phi) is 10.5. The molecule has 0 amide bonds. The van der Waals surface area contributed by atoms with E-state index < -0.39 is 17.2 Å². The molecule has 2 heterocycles. The summed E-state index contributed by atoms with van der Waals surface area (Å²) in [7, 11) is 1.48. The minimum Gasteiger partial charge on any atom is -0.549 e. The van der Waals surface area contributed by atoms with Crippen molar-refractivity contribution >= 4 is 28.9 Å². The summed E-state index contributed by atoms with van der Waals surface area (Å²) in [6.07, 6.45) is 0. The third-order valence-corrected chi connectivity index (χ3v) is 6.12. The summed E-state index contributed by atoms with van der Waals surface area (Å²) in [5, 5.41) is 21.7. The van der Waals surface area contributed by atoms with Gasteiger partial charge in [-0.25, -0.2) is 9.78 Å². The van der Waals surface area contributed by atoms with E-state index in [4.69, 9.17) is 9.84 Å². The van der Waals surface area contributed by atoms with E-state index in [0.717, 1.165) is 24.9 Å². The first-order chi connectivity index (χ1) is 17.9. The monoisotopic (exact) mass is 527 g/mol. The van der Waals surface area contributed by atoms with Gasteiger partial charge in [0.15, 0.2) is 16.3 Å². The van der Waals surface area contributed by atoms with Crippen molar-refractivity contribution in [2.45, 2.75) is 18.2 Å². The molecule has 0 fully saturated rings. The quantitative estimate of drug-likeness (QED) is 0.167. The second-order valence-electron chi connectivity index (χ2n) is 7.85. The molecule has 0 saturated carbocycles. The van der Waals surface area contributed by atoms with Crippen LogP contribution in [0.1, 0.15) is 5.56 Å². The van der Waals surface area contributed by atoms with Crippen molar-refractivity contribution in [3.05, 3.63) is 87.1 Å². The number of aromatic amines is 1. The van der Waals surface area contributed by atoms with Crippen molar-refractivity contribution in [1.82, 2.24) is 19.1 Å². The average molecular weight is 528 g/mol. The van der Waals surface area contributed by atoms with E-state index in [0.29, 0.717) is 10.9 Å². The minimum atomic E-state index is -1.25. The largest absolute Gasteiger partial charge is 0.549 e. The summed E-state index contributed by atoms with van der Waals surface area (Å²) in [6, 6.07) is 19.4. The van der Waals surface area contributed by atoms with Gasteiger partial charge in [0.25, 0.3) is 5.56 Å². The molecular weight excluding hydrogens is 498 g/mol. The third kappa shape index (κ3) is 8.07. The molecule has 2 aromatic carbocycles. The molecule has 0 saturated heterocycles. The molecule has 0 aliphatic heterocycles. The lowest BCUT2D eigenvalue weighted by atomic mass is 10.2. The number of H-pyrrole nitrogens is 1. The lowest BCUT2D eigenvalue weighted by Gasteiger charge is -2.10. The number of nitrogens with zero attached hydrogens (tertiary/aromatic N) is 3. The van der Waals surface area contributed by atoms with Gasteiger partial charge < -0.3 is 29.6 Å². The lowest BCUT2D eigenvalue weighted by molar-refractivity contribution is -0.671. The number of nitrogens with one attached hydrogen (secondary N) is 1. The summed E-state index contributed by atoms with van der Waals surface area (Å²) < 4.78 is 8.38. The van der Waals surface area contributed by atoms with Crippen LogP contribution in [0.4, 0.5) is 0 Å². The van der Waals surface area contributed by atoms with Gasteiger partial charge in [-0.1, -0.05) is 60.3 Å². The van der Waals surface area contributed by atoms with Crippen LogP contribution in [0, 0.1) is 0 Å². The second-order valence-corrected chi connectivity index (χ2v) is 8.79. The molecule has 4 aromatic rings. The maximum atomic E-state index is 12.2. The summed E-state index contributed by atoms with van der Waals surface area (Å²) in [6.45, 7) is 2.49. The van der Waals surface area contributed by atoms with Crippen molar-refractivity contribution in [1.29, 1.82) is 0 Å². The molecule has 196 valence electrons. The van der Waals surface area contributed by atoms with Gasteiger partial charge in [-0.2, -0.15) is 0 Å². The molecular formula is C25H29N5O6S. The number of rotatable bonds is 11. The normalized spacial score (nSPS) is 10.6. The number of carboxylic acids is 1. The number of aliphatic hydroxyl groups is 1. The Balaban J connectivity index is 0.000000289. The molecule has 0 aliphatic carbocycles. The number of carboxylic acid groups (broad SMARTS) is 1. The van der Waals surface area contributed by atoms with Crippen LogP contribution in [0.3, 0.4) is 0 Å². The minimum absolute atomic E-state index is 0.180. The van der Waals surface area contributed by atoms with Crippen molar-refractivity contribution in [3.8, 4) is 5.75 Å². The molecule has 11 nitrogen and oxygen atoms in total. The number of carbonyl (C=O) groups is 1. The van der Waals surface area contributed by atoms with Crippen molar-refractivity contribution < 1.29 is 25.1 Å². The van der Waals surface area contributed by atoms with Gasteiger partial charge >= 0.3 is 5.69 Å². The number of aryl methyl sites for hydroxylation is 1. The Bertz CT molecular complexity index is 1400. The number of hydrogen-bond donors (Lipinski definition) is 3. The number of thioether (sulfide) groups is 1. The van der Waals surface area contributed by atoms with Crippen LogP contribution in [0.5, 0.6) is 5.75 Å². The van der Waals surface area contributed by atoms with Crippen LogP contribution in [0.2, 0.25) is 0 Å². The number of aromatic nitrogens is 4. The van der Waals surface area contributed by atoms with Gasteiger partial charge in [-0.3, -0.25) is 14.3 Å². The second kappa shape index (κ2) is 14.0. The zero-order valence-corrected chi connectivity index (χ0v) is 21.1.